The molecule has 0 atom stereocenters. The molecule has 0 spiro atoms. The summed E-state index contributed by atoms with van der Waals surface area (Å²) in [7, 11) is 0. The standard InChI is InChI=1S/C23H22N4O3S/c24-16-8-6-15(7-9-16)20-14-31-21(25-20)13-27-23(28)18-5-2-1-4-17(18)19(26-27)12-22-29-10-3-11-30-22/h1-2,4-9,14,22H,3,10-13,24H2. The molecule has 1 fully saturated rings. The number of fused-ring (bicyclic) bond motifs is 1. The lowest BCUT2D eigenvalue weighted by Crippen LogP contribution is -2.30. The molecule has 5 rings (SSSR count). The van der Waals surface area contributed by atoms with E-state index < -0.39 is 0 Å². The van der Waals surface area contributed by atoms with Crippen molar-refractivity contribution >= 4 is 27.8 Å². The lowest BCUT2D eigenvalue weighted by atomic mass is 10.1. The second-order valence-electron chi connectivity index (χ2n) is 7.43. The van der Waals surface area contributed by atoms with E-state index >= 15 is 0 Å². The van der Waals surface area contributed by atoms with Crippen LogP contribution in [0.15, 0.2) is 58.7 Å². The summed E-state index contributed by atoms with van der Waals surface area (Å²) in [5, 5.41) is 8.95. The summed E-state index contributed by atoms with van der Waals surface area (Å²) in [6, 6.07) is 15.1. The number of nitrogens with zero attached hydrogens (tertiary/aromatic N) is 3. The molecule has 0 unspecified atom stereocenters. The van der Waals surface area contributed by atoms with Crippen LogP contribution in [-0.2, 0) is 22.4 Å². The maximum Gasteiger partial charge on any atom is 0.275 e. The number of nitrogens with two attached hydrogens (primary N) is 1. The van der Waals surface area contributed by atoms with E-state index in [0.717, 1.165) is 33.8 Å². The average Bonchev–Trinajstić information content (AvgIpc) is 3.27. The first-order valence-electron chi connectivity index (χ1n) is 10.2. The van der Waals surface area contributed by atoms with Gasteiger partial charge in [-0.25, -0.2) is 9.67 Å². The SMILES string of the molecule is Nc1ccc(-c2csc(Cn3nc(CC4OCCCO4)c4ccccc4c3=O)n2)cc1. The van der Waals surface area contributed by atoms with Crippen molar-refractivity contribution in [3.05, 3.63) is 75.0 Å². The van der Waals surface area contributed by atoms with Crippen LogP contribution in [0.5, 0.6) is 0 Å². The quantitative estimate of drug-likeness (QED) is 0.484. The Morgan fingerprint density at radius 2 is 1.81 bits per heavy atom. The highest BCUT2D eigenvalue weighted by Crippen LogP contribution is 2.24. The molecule has 158 valence electrons. The van der Waals surface area contributed by atoms with Gasteiger partial charge < -0.3 is 15.2 Å². The second kappa shape index (κ2) is 8.58. The van der Waals surface area contributed by atoms with Gasteiger partial charge in [0.25, 0.3) is 5.56 Å². The predicted octanol–water partition coefficient (Wildman–Crippen LogP) is 3.46. The molecule has 3 heterocycles. The fourth-order valence-corrected chi connectivity index (χ4v) is 4.46. The highest BCUT2D eigenvalue weighted by Gasteiger charge is 2.19. The van der Waals surface area contributed by atoms with Gasteiger partial charge in [0.2, 0.25) is 0 Å². The van der Waals surface area contributed by atoms with E-state index in [0.29, 0.717) is 37.3 Å². The van der Waals surface area contributed by atoms with Gasteiger partial charge in [0.15, 0.2) is 6.29 Å². The highest BCUT2D eigenvalue weighted by atomic mass is 32.1. The zero-order valence-electron chi connectivity index (χ0n) is 16.9. The number of benzene rings is 2. The van der Waals surface area contributed by atoms with E-state index in [9.17, 15) is 4.79 Å². The number of aromatic nitrogens is 3. The zero-order chi connectivity index (χ0) is 21.2. The molecule has 1 aliphatic heterocycles. The molecule has 4 aromatic rings. The summed E-state index contributed by atoms with van der Waals surface area (Å²) in [5.74, 6) is 0. The minimum atomic E-state index is -0.340. The van der Waals surface area contributed by atoms with E-state index in [2.05, 4.69) is 5.10 Å². The van der Waals surface area contributed by atoms with E-state index in [1.165, 1.54) is 16.0 Å². The Morgan fingerprint density at radius 1 is 1.06 bits per heavy atom. The van der Waals surface area contributed by atoms with Crippen molar-refractivity contribution < 1.29 is 9.47 Å². The van der Waals surface area contributed by atoms with Gasteiger partial charge >= 0.3 is 0 Å². The lowest BCUT2D eigenvalue weighted by Gasteiger charge is -2.23. The molecule has 2 aromatic carbocycles. The maximum absolute atomic E-state index is 13.1. The summed E-state index contributed by atoms with van der Waals surface area (Å²) in [6.07, 6.45) is 1.05. The molecule has 2 aromatic heterocycles. The smallest absolute Gasteiger partial charge is 0.275 e. The fourth-order valence-electron chi connectivity index (χ4n) is 3.67. The van der Waals surface area contributed by atoms with Crippen LogP contribution >= 0.6 is 11.3 Å². The molecule has 31 heavy (non-hydrogen) atoms. The van der Waals surface area contributed by atoms with Gasteiger partial charge in [-0.15, -0.1) is 11.3 Å². The molecule has 0 saturated carbocycles. The van der Waals surface area contributed by atoms with E-state index in [1.807, 2.05) is 53.9 Å². The van der Waals surface area contributed by atoms with Crippen LogP contribution in [-0.4, -0.2) is 34.3 Å². The molecule has 7 nitrogen and oxygen atoms in total. The topological polar surface area (TPSA) is 92.3 Å². The van der Waals surface area contributed by atoms with E-state index in [4.69, 9.17) is 20.2 Å². The molecular formula is C23H22N4O3S. The lowest BCUT2D eigenvalue weighted by molar-refractivity contribution is -0.177. The fraction of sp³-hybridized carbons (Fsp3) is 0.261. The summed E-state index contributed by atoms with van der Waals surface area (Å²) in [4.78, 5) is 17.8. The van der Waals surface area contributed by atoms with Crippen LogP contribution in [0.4, 0.5) is 5.69 Å². The Kier molecular flexibility index (Phi) is 5.50. The first-order chi connectivity index (χ1) is 15.2. The number of nitrogen functional groups attached to an aromatic ring is 1. The number of ether oxygens (including phenoxy) is 2. The van der Waals surface area contributed by atoms with Gasteiger partial charge in [-0.2, -0.15) is 5.10 Å². The van der Waals surface area contributed by atoms with Crippen LogP contribution in [0.2, 0.25) is 0 Å². The first-order valence-corrected chi connectivity index (χ1v) is 11.1. The normalized spacial score (nSPS) is 14.8. The third-order valence-electron chi connectivity index (χ3n) is 5.24. The molecule has 1 saturated heterocycles. The maximum atomic E-state index is 13.1. The number of hydrogen-bond acceptors (Lipinski definition) is 7. The predicted molar refractivity (Wildman–Crippen MR) is 121 cm³/mol. The van der Waals surface area contributed by atoms with E-state index in [1.54, 1.807) is 0 Å². The zero-order valence-corrected chi connectivity index (χ0v) is 17.7. The number of rotatable bonds is 5. The van der Waals surface area contributed by atoms with Crippen LogP contribution in [0.25, 0.3) is 22.0 Å². The van der Waals surface area contributed by atoms with Crippen molar-refractivity contribution in [2.45, 2.75) is 25.7 Å². The second-order valence-corrected chi connectivity index (χ2v) is 8.38. The Hall–Kier alpha value is -3.07. The minimum absolute atomic E-state index is 0.130. The van der Waals surface area contributed by atoms with Crippen molar-refractivity contribution in [3.63, 3.8) is 0 Å². The summed E-state index contributed by atoms with van der Waals surface area (Å²) in [5.41, 5.74) is 8.99. The summed E-state index contributed by atoms with van der Waals surface area (Å²) < 4.78 is 12.9. The first kappa shape index (κ1) is 19.9. The number of thiazole rings is 1. The Bertz CT molecular complexity index is 1260. The minimum Gasteiger partial charge on any atom is -0.399 e. The molecule has 2 N–H and O–H groups in total. The molecule has 0 radical (unpaired) electrons. The molecular weight excluding hydrogens is 412 g/mol. The number of anilines is 1. The molecule has 1 aliphatic rings. The van der Waals surface area contributed by atoms with Gasteiger partial charge in [0, 0.05) is 28.4 Å². The van der Waals surface area contributed by atoms with Crippen LogP contribution in [0, 0.1) is 0 Å². The van der Waals surface area contributed by atoms with E-state index in [-0.39, 0.29) is 11.8 Å². The van der Waals surface area contributed by atoms with Crippen molar-refractivity contribution in [1.82, 2.24) is 14.8 Å². The molecule has 8 heteroatoms. The van der Waals surface area contributed by atoms with Gasteiger partial charge in [-0.05, 0) is 24.6 Å². The summed E-state index contributed by atoms with van der Waals surface area (Å²) >= 11 is 1.51. The largest absolute Gasteiger partial charge is 0.399 e. The van der Waals surface area contributed by atoms with Crippen molar-refractivity contribution in [3.8, 4) is 11.3 Å². The molecule has 0 aliphatic carbocycles. The Labute approximate surface area is 183 Å². The van der Waals surface area contributed by atoms with Gasteiger partial charge in [0.05, 0.1) is 36.5 Å². The average molecular weight is 435 g/mol. The van der Waals surface area contributed by atoms with Gasteiger partial charge in [0.1, 0.15) is 5.01 Å². The highest BCUT2D eigenvalue weighted by molar-refractivity contribution is 7.09. The van der Waals surface area contributed by atoms with Crippen LogP contribution in [0.3, 0.4) is 0 Å². The van der Waals surface area contributed by atoms with Gasteiger partial charge in [-0.1, -0.05) is 30.3 Å². The van der Waals surface area contributed by atoms with Crippen LogP contribution < -0.4 is 11.3 Å². The molecule has 0 bridgehead atoms. The van der Waals surface area contributed by atoms with Gasteiger partial charge in [-0.3, -0.25) is 4.79 Å². The third-order valence-corrected chi connectivity index (χ3v) is 6.08. The Morgan fingerprint density at radius 3 is 2.58 bits per heavy atom. The summed E-state index contributed by atoms with van der Waals surface area (Å²) in [6.45, 7) is 1.66. The monoisotopic (exact) mass is 434 g/mol. The van der Waals surface area contributed by atoms with Crippen molar-refractivity contribution in [2.75, 3.05) is 18.9 Å². The Balaban J connectivity index is 1.47. The molecule has 0 amide bonds. The third kappa shape index (κ3) is 4.23. The van der Waals surface area contributed by atoms with Crippen LogP contribution in [0.1, 0.15) is 17.1 Å². The van der Waals surface area contributed by atoms with Crippen molar-refractivity contribution in [1.29, 1.82) is 0 Å². The van der Waals surface area contributed by atoms with Crippen molar-refractivity contribution in [2.24, 2.45) is 0 Å². The number of hydrogen-bond donors (Lipinski definition) is 1.